The molecule has 0 bridgehead atoms. The van der Waals surface area contributed by atoms with E-state index < -0.39 is 0 Å². The van der Waals surface area contributed by atoms with E-state index in [4.69, 9.17) is 0 Å². The largest absolute Gasteiger partial charge is 0.351 e. The Balaban J connectivity index is 3.26. The molecule has 0 spiro atoms. The minimum atomic E-state index is -0.251. The molecular weight excluding hydrogens is 192 g/mol. The van der Waals surface area contributed by atoms with Gasteiger partial charge in [-0.15, -0.1) is 0 Å². The van der Waals surface area contributed by atoms with Gasteiger partial charge in [-0.2, -0.15) is 4.98 Å². The van der Waals surface area contributed by atoms with Crippen LogP contribution in [0.4, 0.5) is 5.95 Å². The van der Waals surface area contributed by atoms with E-state index in [2.05, 4.69) is 30.7 Å². The quantitative estimate of drug-likeness (QED) is 0.727. The van der Waals surface area contributed by atoms with Crippen molar-refractivity contribution in [3.8, 4) is 0 Å². The third-order valence-electron chi connectivity index (χ3n) is 2.44. The summed E-state index contributed by atoms with van der Waals surface area (Å²) >= 11 is 0. The SMILES string of the molecule is CCn1c(N(C)C(C)(C)C)ncnc1=O. The predicted molar refractivity (Wildman–Crippen MR) is 60.1 cm³/mol. The number of nitrogens with zero attached hydrogens (tertiary/aromatic N) is 4. The van der Waals surface area contributed by atoms with Gasteiger partial charge in [0.15, 0.2) is 0 Å². The molecule has 0 aliphatic rings. The van der Waals surface area contributed by atoms with E-state index in [0.717, 1.165) is 0 Å². The Morgan fingerprint density at radius 1 is 1.40 bits per heavy atom. The van der Waals surface area contributed by atoms with Crippen molar-refractivity contribution in [1.82, 2.24) is 14.5 Å². The summed E-state index contributed by atoms with van der Waals surface area (Å²) in [5.74, 6) is 0.657. The van der Waals surface area contributed by atoms with Gasteiger partial charge in [0.1, 0.15) is 6.33 Å². The summed E-state index contributed by atoms with van der Waals surface area (Å²) in [6.07, 6.45) is 1.31. The predicted octanol–water partition coefficient (Wildman–Crippen LogP) is 0.893. The number of hydrogen-bond acceptors (Lipinski definition) is 4. The molecule has 0 atom stereocenters. The molecule has 1 heterocycles. The number of hydrogen-bond donors (Lipinski definition) is 0. The molecule has 0 saturated carbocycles. The Morgan fingerprint density at radius 2 is 2.00 bits per heavy atom. The van der Waals surface area contributed by atoms with Crippen LogP contribution in [0.3, 0.4) is 0 Å². The van der Waals surface area contributed by atoms with Crippen LogP contribution in [0.25, 0.3) is 0 Å². The first-order valence-electron chi connectivity index (χ1n) is 5.03. The van der Waals surface area contributed by atoms with E-state index in [1.54, 1.807) is 4.57 Å². The molecular formula is C10H18N4O. The van der Waals surface area contributed by atoms with E-state index >= 15 is 0 Å². The first-order chi connectivity index (χ1) is 6.88. The second kappa shape index (κ2) is 4.00. The van der Waals surface area contributed by atoms with Crippen molar-refractivity contribution >= 4 is 5.95 Å². The molecule has 1 rings (SSSR count). The Labute approximate surface area is 89.8 Å². The van der Waals surface area contributed by atoms with Gasteiger partial charge < -0.3 is 4.90 Å². The molecule has 5 heteroatoms. The molecule has 0 amide bonds. The molecule has 0 unspecified atom stereocenters. The second-order valence-electron chi connectivity index (χ2n) is 4.43. The lowest BCUT2D eigenvalue weighted by Crippen LogP contribution is -2.42. The van der Waals surface area contributed by atoms with Gasteiger partial charge in [-0.3, -0.25) is 4.57 Å². The highest BCUT2D eigenvalue weighted by Crippen LogP contribution is 2.17. The molecule has 1 aromatic rings. The highest BCUT2D eigenvalue weighted by molar-refractivity contribution is 5.31. The molecule has 15 heavy (non-hydrogen) atoms. The summed E-state index contributed by atoms with van der Waals surface area (Å²) in [6, 6.07) is 0. The maximum absolute atomic E-state index is 11.5. The Bertz CT molecular complexity index is 391. The molecule has 0 radical (unpaired) electrons. The third kappa shape index (κ3) is 2.34. The summed E-state index contributed by atoms with van der Waals surface area (Å²) in [5.41, 5.74) is -0.323. The molecule has 0 aliphatic carbocycles. The minimum absolute atomic E-state index is 0.0717. The first kappa shape index (κ1) is 11.7. The van der Waals surface area contributed by atoms with E-state index in [9.17, 15) is 4.79 Å². The smallest absolute Gasteiger partial charge is 0.340 e. The fraction of sp³-hybridized carbons (Fsp3) is 0.700. The second-order valence-corrected chi connectivity index (χ2v) is 4.43. The van der Waals surface area contributed by atoms with Crippen molar-refractivity contribution in [1.29, 1.82) is 0 Å². The van der Waals surface area contributed by atoms with Crippen LogP contribution in [0.1, 0.15) is 27.7 Å². The van der Waals surface area contributed by atoms with Crippen molar-refractivity contribution in [2.24, 2.45) is 0 Å². The first-order valence-corrected chi connectivity index (χ1v) is 5.03. The van der Waals surface area contributed by atoms with E-state index in [0.29, 0.717) is 12.5 Å². The van der Waals surface area contributed by atoms with Crippen molar-refractivity contribution in [3.05, 3.63) is 16.8 Å². The molecule has 0 N–H and O–H groups in total. The molecule has 0 fully saturated rings. The van der Waals surface area contributed by atoms with Gasteiger partial charge in [0.05, 0.1) is 0 Å². The van der Waals surface area contributed by atoms with Crippen LogP contribution in [0.2, 0.25) is 0 Å². The number of rotatable bonds is 2. The van der Waals surface area contributed by atoms with Gasteiger partial charge in [0.2, 0.25) is 5.95 Å². The Morgan fingerprint density at radius 3 is 2.47 bits per heavy atom. The fourth-order valence-corrected chi connectivity index (χ4v) is 1.20. The normalized spacial score (nSPS) is 11.5. The highest BCUT2D eigenvalue weighted by atomic mass is 16.1. The van der Waals surface area contributed by atoms with Gasteiger partial charge in [0.25, 0.3) is 0 Å². The van der Waals surface area contributed by atoms with E-state index in [-0.39, 0.29) is 11.2 Å². The number of aromatic nitrogens is 3. The van der Waals surface area contributed by atoms with E-state index in [1.165, 1.54) is 6.33 Å². The van der Waals surface area contributed by atoms with Crippen LogP contribution >= 0.6 is 0 Å². The molecule has 1 aromatic heterocycles. The Kier molecular flexibility index (Phi) is 3.12. The average Bonchev–Trinajstić information content (AvgIpc) is 2.14. The van der Waals surface area contributed by atoms with Crippen LogP contribution < -0.4 is 10.6 Å². The topological polar surface area (TPSA) is 51.0 Å². The summed E-state index contributed by atoms with van der Waals surface area (Å²) in [6.45, 7) is 8.69. The summed E-state index contributed by atoms with van der Waals surface area (Å²) in [5, 5.41) is 0. The van der Waals surface area contributed by atoms with E-state index in [1.807, 2.05) is 18.9 Å². The van der Waals surface area contributed by atoms with Crippen LogP contribution in [0.5, 0.6) is 0 Å². The van der Waals surface area contributed by atoms with Crippen molar-refractivity contribution in [2.75, 3.05) is 11.9 Å². The molecule has 0 aromatic carbocycles. The van der Waals surface area contributed by atoms with Gasteiger partial charge in [-0.1, -0.05) is 0 Å². The third-order valence-corrected chi connectivity index (χ3v) is 2.44. The van der Waals surface area contributed by atoms with Gasteiger partial charge in [0, 0.05) is 19.1 Å². The standard InChI is InChI=1S/C10H18N4O/c1-6-14-8(11-7-12-9(14)15)13(5)10(2,3)4/h7H,6H2,1-5H3. The Hall–Kier alpha value is -1.39. The molecule has 0 saturated heterocycles. The summed E-state index contributed by atoms with van der Waals surface area (Å²) < 4.78 is 1.56. The zero-order chi connectivity index (χ0) is 11.6. The molecule has 5 nitrogen and oxygen atoms in total. The molecule has 84 valence electrons. The van der Waals surface area contributed by atoms with Crippen molar-refractivity contribution in [2.45, 2.75) is 39.8 Å². The lowest BCUT2D eigenvalue weighted by Gasteiger charge is -2.33. The van der Waals surface area contributed by atoms with Gasteiger partial charge >= 0.3 is 5.69 Å². The fourth-order valence-electron chi connectivity index (χ4n) is 1.20. The number of anilines is 1. The van der Waals surface area contributed by atoms with Crippen LogP contribution in [-0.2, 0) is 6.54 Å². The van der Waals surface area contributed by atoms with Crippen molar-refractivity contribution in [3.63, 3.8) is 0 Å². The van der Waals surface area contributed by atoms with Crippen LogP contribution in [0.15, 0.2) is 11.1 Å². The van der Waals surface area contributed by atoms with Crippen LogP contribution in [0, 0.1) is 0 Å². The summed E-state index contributed by atoms with van der Waals surface area (Å²) in [7, 11) is 1.92. The van der Waals surface area contributed by atoms with Gasteiger partial charge in [-0.25, -0.2) is 9.78 Å². The van der Waals surface area contributed by atoms with Crippen LogP contribution in [-0.4, -0.2) is 27.1 Å². The van der Waals surface area contributed by atoms with Gasteiger partial charge in [-0.05, 0) is 27.7 Å². The maximum Gasteiger partial charge on any atom is 0.351 e. The van der Waals surface area contributed by atoms with Crippen molar-refractivity contribution < 1.29 is 0 Å². The zero-order valence-corrected chi connectivity index (χ0v) is 9.98. The monoisotopic (exact) mass is 210 g/mol. The lowest BCUT2D eigenvalue weighted by molar-refractivity contribution is 0.506. The summed E-state index contributed by atoms with van der Waals surface area (Å²) in [4.78, 5) is 21.3. The maximum atomic E-state index is 11.5. The minimum Gasteiger partial charge on any atom is -0.340 e. The average molecular weight is 210 g/mol. The molecule has 0 aliphatic heterocycles. The highest BCUT2D eigenvalue weighted by Gasteiger charge is 2.21. The lowest BCUT2D eigenvalue weighted by atomic mass is 10.1. The zero-order valence-electron chi connectivity index (χ0n) is 9.98.